The van der Waals surface area contributed by atoms with Crippen molar-refractivity contribution in [3.8, 4) is 17.2 Å². The minimum absolute atomic E-state index is 0.0527. The van der Waals surface area contributed by atoms with E-state index in [4.69, 9.17) is 9.47 Å². The quantitative estimate of drug-likeness (QED) is 0.623. The predicted molar refractivity (Wildman–Crippen MR) is 105 cm³/mol. The summed E-state index contributed by atoms with van der Waals surface area (Å²) < 4.78 is 24.7. The van der Waals surface area contributed by atoms with E-state index in [1.807, 2.05) is 18.2 Å². The standard InChI is InChI=1S/C22H19FN2O4/c1-15(28-20-14-8-6-12-18(20)23)21(26)24-25-22(27)17-11-5-7-13-19(17)29-16-9-3-2-4-10-16/h2-15H,1H3,(H,24,26)(H,25,27). The van der Waals surface area contributed by atoms with Crippen molar-refractivity contribution in [2.75, 3.05) is 0 Å². The number of carbonyl (C=O) groups excluding carboxylic acids is 2. The van der Waals surface area contributed by atoms with Crippen molar-refractivity contribution < 1.29 is 23.5 Å². The minimum atomic E-state index is -1.02. The van der Waals surface area contributed by atoms with Gasteiger partial charge in [0, 0.05) is 0 Å². The number of carbonyl (C=O) groups is 2. The summed E-state index contributed by atoms with van der Waals surface area (Å²) in [7, 11) is 0. The van der Waals surface area contributed by atoms with Gasteiger partial charge in [0.05, 0.1) is 5.56 Å². The topological polar surface area (TPSA) is 76.7 Å². The monoisotopic (exact) mass is 394 g/mol. The van der Waals surface area contributed by atoms with Gasteiger partial charge in [0.25, 0.3) is 11.8 Å². The third kappa shape index (κ3) is 5.32. The van der Waals surface area contributed by atoms with Crippen LogP contribution in [-0.4, -0.2) is 17.9 Å². The van der Waals surface area contributed by atoms with Crippen molar-refractivity contribution >= 4 is 11.8 Å². The van der Waals surface area contributed by atoms with E-state index in [0.29, 0.717) is 11.5 Å². The maximum Gasteiger partial charge on any atom is 0.279 e. The highest BCUT2D eigenvalue weighted by molar-refractivity contribution is 5.98. The van der Waals surface area contributed by atoms with E-state index in [0.717, 1.165) is 0 Å². The van der Waals surface area contributed by atoms with Gasteiger partial charge in [-0.05, 0) is 43.3 Å². The van der Waals surface area contributed by atoms with Crippen LogP contribution in [0.1, 0.15) is 17.3 Å². The molecule has 0 aliphatic heterocycles. The molecular formula is C22H19FN2O4. The first kappa shape index (κ1) is 19.9. The molecule has 2 N–H and O–H groups in total. The van der Waals surface area contributed by atoms with Crippen LogP contribution in [-0.2, 0) is 4.79 Å². The molecule has 0 aromatic heterocycles. The first-order valence-electron chi connectivity index (χ1n) is 8.88. The molecule has 1 unspecified atom stereocenters. The van der Waals surface area contributed by atoms with Crippen LogP contribution in [0.2, 0.25) is 0 Å². The van der Waals surface area contributed by atoms with Crippen LogP contribution in [0, 0.1) is 5.82 Å². The van der Waals surface area contributed by atoms with Crippen LogP contribution >= 0.6 is 0 Å². The Bertz CT molecular complexity index is 995. The average Bonchev–Trinajstić information content (AvgIpc) is 2.74. The highest BCUT2D eigenvalue weighted by Gasteiger charge is 2.19. The molecule has 6 nitrogen and oxygen atoms in total. The van der Waals surface area contributed by atoms with Gasteiger partial charge in [0.15, 0.2) is 17.7 Å². The Morgan fingerprint density at radius 1 is 0.828 bits per heavy atom. The fourth-order valence-electron chi connectivity index (χ4n) is 2.43. The summed E-state index contributed by atoms with van der Waals surface area (Å²) in [4.78, 5) is 24.7. The van der Waals surface area contributed by atoms with Crippen LogP contribution in [0.4, 0.5) is 4.39 Å². The molecule has 3 aromatic carbocycles. The van der Waals surface area contributed by atoms with Crippen LogP contribution < -0.4 is 20.3 Å². The summed E-state index contributed by atoms with van der Waals surface area (Å²) in [5.74, 6) is -0.929. The van der Waals surface area contributed by atoms with Gasteiger partial charge in [-0.25, -0.2) is 4.39 Å². The molecule has 3 aromatic rings. The number of amides is 2. The summed E-state index contributed by atoms with van der Waals surface area (Å²) in [6, 6.07) is 21.4. The minimum Gasteiger partial charge on any atom is -0.478 e. The summed E-state index contributed by atoms with van der Waals surface area (Å²) in [5.41, 5.74) is 4.82. The Labute approximate surface area is 167 Å². The van der Waals surface area contributed by atoms with Crippen molar-refractivity contribution in [1.82, 2.24) is 10.9 Å². The lowest BCUT2D eigenvalue weighted by molar-refractivity contribution is -0.128. The molecule has 7 heteroatoms. The maximum absolute atomic E-state index is 13.6. The van der Waals surface area contributed by atoms with Gasteiger partial charge >= 0.3 is 0 Å². The molecule has 0 fully saturated rings. The molecule has 148 valence electrons. The van der Waals surface area contributed by atoms with Crippen molar-refractivity contribution in [2.45, 2.75) is 13.0 Å². The van der Waals surface area contributed by atoms with Gasteiger partial charge in [0.2, 0.25) is 0 Å². The SMILES string of the molecule is CC(Oc1ccccc1F)C(=O)NNC(=O)c1ccccc1Oc1ccccc1. The van der Waals surface area contributed by atoms with Gasteiger partial charge in [-0.3, -0.25) is 20.4 Å². The van der Waals surface area contributed by atoms with Crippen molar-refractivity contribution in [3.63, 3.8) is 0 Å². The number of ether oxygens (including phenoxy) is 2. The highest BCUT2D eigenvalue weighted by atomic mass is 19.1. The van der Waals surface area contributed by atoms with Crippen LogP contribution in [0.5, 0.6) is 17.2 Å². The number of nitrogens with one attached hydrogen (secondary N) is 2. The fourth-order valence-corrected chi connectivity index (χ4v) is 2.43. The Balaban J connectivity index is 1.60. The van der Waals surface area contributed by atoms with E-state index in [-0.39, 0.29) is 11.3 Å². The third-order valence-electron chi connectivity index (χ3n) is 3.91. The van der Waals surface area contributed by atoms with E-state index in [2.05, 4.69) is 10.9 Å². The number of hydrogen-bond acceptors (Lipinski definition) is 4. The largest absolute Gasteiger partial charge is 0.478 e. The van der Waals surface area contributed by atoms with Crippen LogP contribution in [0.15, 0.2) is 78.9 Å². The number of hydrogen-bond donors (Lipinski definition) is 2. The Morgan fingerprint density at radius 3 is 2.17 bits per heavy atom. The lowest BCUT2D eigenvalue weighted by Crippen LogP contribution is -2.47. The van der Waals surface area contributed by atoms with E-state index >= 15 is 0 Å². The number of para-hydroxylation sites is 3. The van der Waals surface area contributed by atoms with Crippen molar-refractivity contribution in [3.05, 3.63) is 90.2 Å². The smallest absolute Gasteiger partial charge is 0.279 e. The van der Waals surface area contributed by atoms with Gasteiger partial charge in [0.1, 0.15) is 11.5 Å². The molecule has 0 bridgehead atoms. The summed E-state index contributed by atoms with van der Waals surface area (Å²) in [6.07, 6.45) is -1.02. The number of hydrazine groups is 1. The van der Waals surface area contributed by atoms with Crippen LogP contribution in [0.3, 0.4) is 0 Å². The second-order valence-electron chi connectivity index (χ2n) is 6.05. The molecule has 0 aliphatic rings. The molecule has 0 radical (unpaired) electrons. The summed E-state index contributed by atoms with van der Waals surface area (Å²) in [5, 5.41) is 0. The summed E-state index contributed by atoms with van der Waals surface area (Å²) >= 11 is 0. The van der Waals surface area contributed by atoms with Gasteiger partial charge in [-0.15, -0.1) is 0 Å². The second-order valence-corrected chi connectivity index (χ2v) is 6.05. The van der Waals surface area contributed by atoms with Gasteiger partial charge in [-0.1, -0.05) is 42.5 Å². The van der Waals surface area contributed by atoms with Gasteiger partial charge < -0.3 is 9.47 Å². The normalized spacial score (nSPS) is 11.2. The molecular weight excluding hydrogens is 375 g/mol. The molecule has 0 aliphatic carbocycles. The molecule has 0 spiro atoms. The van der Waals surface area contributed by atoms with Crippen molar-refractivity contribution in [1.29, 1.82) is 0 Å². The molecule has 29 heavy (non-hydrogen) atoms. The highest BCUT2D eigenvalue weighted by Crippen LogP contribution is 2.24. The fraction of sp³-hybridized carbons (Fsp3) is 0.0909. The molecule has 2 amide bonds. The molecule has 0 saturated carbocycles. The first-order chi connectivity index (χ1) is 14.0. The zero-order valence-electron chi connectivity index (χ0n) is 15.6. The zero-order chi connectivity index (χ0) is 20.6. The third-order valence-corrected chi connectivity index (χ3v) is 3.91. The number of benzene rings is 3. The van der Waals surface area contributed by atoms with E-state index in [1.165, 1.54) is 25.1 Å². The molecule has 0 saturated heterocycles. The second kappa shape index (κ2) is 9.36. The predicted octanol–water partition coefficient (Wildman–Crippen LogP) is 3.85. The van der Waals surface area contributed by atoms with E-state index < -0.39 is 23.7 Å². The Hall–Kier alpha value is -3.87. The molecule has 1 atom stereocenters. The van der Waals surface area contributed by atoms with Gasteiger partial charge in [-0.2, -0.15) is 0 Å². The number of halogens is 1. The zero-order valence-corrected chi connectivity index (χ0v) is 15.6. The van der Waals surface area contributed by atoms with E-state index in [9.17, 15) is 14.0 Å². The molecule has 0 heterocycles. The maximum atomic E-state index is 13.6. The lowest BCUT2D eigenvalue weighted by Gasteiger charge is -2.16. The van der Waals surface area contributed by atoms with Crippen molar-refractivity contribution in [2.24, 2.45) is 0 Å². The molecule has 3 rings (SSSR count). The Morgan fingerprint density at radius 2 is 1.45 bits per heavy atom. The first-order valence-corrected chi connectivity index (χ1v) is 8.88. The lowest BCUT2D eigenvalue weighted by atomic mass is 10.2. The average molecular weight is 394 g/mol. The van der Waals surface area contributed by atoms with E-state index in [1.54, 1.807) is 42.5 Å². The number of rotatable bonds is 6. The van der Waals surface area contributed by atoms with Crippen LogP contribution in [0.25, 0.3) is 0 Å². The Kier molecular flexibility index (Phi) is 6.42. The summed E-state index contributed by atoms with van der Waals surface area (Å²) in [6.45, 7) is 1.44.